The first-order chi connectivity index (χ1) is 8.91. The Hall–Kier alpha value is -0.940. The van der Waals surface area contributed by atoms with Crippen molar-refractivity contribution >= 4 is 39.0 Å². The zero-order valence-corrected chi connectivity index (χ0v) is 13.6. The average Bonchev–Trinajstić information content (AvgIpc) is 2.33. The third-order valence-electron chi connectivity index (χ3n) is 2.61. The summed E-state index contributed by atoms with van der Waals surface area (Å²) < 4.78 is 0.809. The van der Waals surface area contributed by atoms with Crippen LogP contribution in [0.2, 0.25) is 0 Å². The smallest absolute Gasteiger partial charge is 0.255 e. The molecule has 1 amide bonds. The van der Waals surface area contributed by atoms with Crippen molar-refractivity contribution in [2.24, 2.45) is 11.7 Å². The molecule has 0 heterocycles. The lowest BCUT2D eigenvalue weighted by Gasteiger charge is -2.25. The number of nitrogens with two attached hydrogens (primary N) is 1. The fourth-order valence-electron chi connectivity index (χ4n) is 1.77. The van der Waals surface area contributed by atoms with E-state index in [2.05, 4.69) is 29.8 Å². The number of rotatable bonds is 6. The molecule has 104 valence electrons. The van der Waals surface area contributed by atoms with Crippen molar-refractivity contribution in [2.75, 3.05) is 13.1 Å². The zero-order chi connectivity index (χ0) is 14.4. The van der Waals surface area contributed by atoms with E-state index in [1.54, 1.807) is 0 Å². The lowest BCUT2D eigenvalue weighted by molar-refractivity contribution is 0.0740. The molecule has 0 aromatic heterocycles. The molecular formula is C14H19BrN2OS. The van der Waals surface area contributed by atoms with Crippen LogP contribution in [0.3, 0.4) is 0 Å². The van der Waals surface area contributed by atoms with Crippen molar-refractivity contribution in [2.45, 2.75) is 20.3 Å². The summed E-state index contributed by atoms with van der Waals surface area (Å²) in [6.07, 6.45) is 0.554. The summed E-state index contributed by atoms with van der Waals surface area (Å²) in [5, 5.41) is 0. The number of benzene rings is 1. The van der Waals surface area contributed by atoms with Crippen LogP contribution in [0.1, 0.15) is 30.6 Å². The van der Waals surface area contributed by atoms with Gasteiger partial charge < -0.3 is 10.6 Å². The Balaban J connectivity index is 2.87. The van der Waals surface area contributed by atoms with Crippen molar-refractivity contribution in [3.8, 4) is 0 Å². The van der Waals surface area contributed by atoms with Crippen molar-refractivity contribution in [3.05, 3.63) is 34.3 Å². The quantitative estimate of drug-likeness (QED) is 0.807. The van der Waals surface area contributed by atoms with Gasteiger partial charge in [0.2, 0.25) is 0 Å². The van der Waals surface area contributed by atoms with Gasteiger partial charge in [-0.05, 0) is 34.0 Å². The summed E-state index contributed by atoms with van der Waals surface area (Å²) in [6, 6.07) is 7.44. The van der Waals surface area contributed by atoms with E-state index in [0.717, 1.165) is 4.47 Å². The molecule has 0 saturated carbocycles. The molecule has 1 aromatic carbocycles. The number of hydrogen-bond donors (Lipinski definition) is 1. The number of halogens is 1. The van der Waals surface area contributed by atoms with E-state index in [4.69, 9.17) is 18.0 Å². The summed E-state index contributed by atoms with van der Waals surface area (Å²) in [5.74, 6) is 0.412. The highest BCUT2D eigenvalue weighted by Crippen LogP contribution is 2.18. The molecule has 0 saturated heterocycles. The van der Waals surface area contributed by atoms with Crippen LogP contribution in [0.4, 0.5) is 0 Å². The van der Waals surface area contributed by atoms with Gasteiger partial charge >= 0.3 is 0 Å². The second-order valence-electron chi connectivity index (χ2n) is 4.84. The van der Waals surface area contributed by atoms with E-state index in [-0.39, 0.29) is 5.91 Å². The van der Waals surface area contributed by atoms with Crippen molar-refractivity contribution in [1.29, 1.82) is 0 Å². The zero-order valence-electron chi connectivity index (χ0n) is 11.2. The molecule has 0 radical (unpaired) electrons. The number of carbonyl (C=O) groups is 1. The van der Waals surface area contributed by atoms with Gasteiger partial charge in [0.15, 0.2) is 0 Å². The third-order valence-corrected chi connectivity index (χ3v) is 3.50. The van der Waals surface area contributed by atoms with E-state index >= 15 is 0 Å². The van der Waals surface area contributed by atoms with Crippen LogP contribution in [-0.4, -0.2) is 28.9 Å². The predicted octanol–water partition coefficient (Wildman–Crippen LogP) is 3.22. The van der Waals surface area contributed by atoms with Gasteiger partial charge in [0.05, 0.1) is 10.6 Å². The Labute approximate surface area is 128 Å². The largest absolute Gasteiger partial charge is 0.393 e. The molecule has 0 aliphatic carbocycles. The number of nitrogens with zero attached hydrogens (tertiary/aromatic N) is 1. The van der Waals surface area contributed by atoms with E-state index in [1.807, 2.05) is 29.2 Å². The van der Waals surface area contributed by atoms with Crippen LogP contribution >= 0.6 is 28.1 Å². The highest BCUT2D eigenvalue weighted by atomic mass is 79.9. The van der Waals surface area contributed by atoms with Crippen molar-refractivity contribution < 1.29 is 4.79 Å². The first kappa shape index (κ1) is 16.1. The second-order valence-corrected chi connectivity index (χ2v) is 6.22. The molecule has 19 heavy (non-hydrogen) atoms. The van der Waals surface area contributed by atoms with E-state index in [9.17, 15) is 4.79 Å². The molecule has 0 fully saturated rings. The van der Waals surface area contributed by atoms with Crippen molar-refractivity contribution in [3.63, 3.8) is 0 Å². The Morgan fingerprint density at radius 1 is 1.42 bits per heavy atom. The molecular weight excluding hydrogens is 324 g/mol. The number of carbonyl (C=O) groups excluding carboxylic acids is 1. The van der Waals surface area contributed by atoms with E-state index in [0.29, 0.717) is 36.0 Å². The van der Waals surface area contributed by atoms with Gasteiger partial charge in [-0.3, -0.25) is 4.79 Å². The molecule has 0 bridgehead atoms. The van der Waals surface area contributed by atoms with Crippen LogP contribution in [0, 0.1) is 5.92 Å². The summed E-state index contributed by atoms with van der Waals surface area (Å²) in [7, 11) is 0. The second kappa shape index (κ2) is 7.60. The minimum Gasteiger partial charge on any atom is -0.393 e. The summed E-state index contributed by atoms with van der Waals surface area (Å²) in [6.45, 7) is 5.43. The summed E-state index contributed by atoms with van der Waals surface area (Å²) in [5.41, 5.74) is 6.20. The third kappa shape index (κ3) is 5.28. The maximum absolute atomic E-state index is 12.5. The minimum absolute atomic E-state index is 0.0115. The van der Waals surface area contributed by atoms with Crippen LogP contribution < -0.4 is 5.73 Å². The number of hydrogen-bond acceptors (Lipinski definition) is 2. The molecule has 1 aromatic rings. The monoisotopic (exact) mass is 342 g/mol. The van der Waals surface area contributed by atoms with Crippen molar-refractivity contribution in [1.82, 2.24) is 4.90 Å². The fraction of sp³-hybridized carbons (Fsp3) is 0.429. The standard InChI is InChI=1S/C14H19BrN2OS/c1-10(2)9-17(8-7-13(16)19)14(18)11-5-3-4-6-12(11)15/h3-6,10H,7-9H2,1-2H3,(H2,16,19). The van der Waals surface area contributed by atoms with Gasteiger partial charge in [-0.2, -0.15) is 0 Å². The van der Waals surface area contributed by atoms with Gasteiger partial charge in [0, 0.05) is 24.0 Å². The molecule has 0 spiro atoms. The lowest BCUT2D eigenvalue weighted by Crippen LogP contribution is -2.36. The molecule has 0 aliphatic rings. The number of thiocarbonyl (C=S) groups is 1. The molecule has 5 heteroatoms. The highest BCUT2D eigenvalue weighted by Gasteiger charge is 2.18. The molecule has 0 unspecified atom stereocenters. The Morgan fingerprint density at radius 2 is 2.05 bits per heavy atom. The molecule has 1 rings (SSSR count). The molecule has 2 N–H and O–H groups in total. The van der Waals surface area contributed by atoms with Crippen LogP contribution in [0.5, 0.6) is 0 Å². The maximum Gasteiger partial charge on any atom is 0.255 e. The summed E-state index contributed by atoms with van der Waals surface area (Å²) in [4.78, 5) is 14.8. The van der Waals surface area contributed by atoms with Gasteiger partial charge in [-0.25, -0.2) is 0 Å². The normalized spacial score (nSPS) is 10.5. The first-order valence-electron chi connectivity index (χ1n) is 6.24. The first-order valence-corrected chi connectivity index (χ1v) is 7.44. The van der Waals surface area contributed by atoms with Crippen LogP contribution in [0.15, 0.2) is 28.7 Å². The topological polar surface area (TPSA) is 46.3 Å². The van der Waals surface area contributed by atoms with Crippen LogP contribution in [0.25, 0.3) is 0 Å². The van der Waals surface area contributed by atoms with Gasteiger partial charge in [0.25, 0.3) is 5.91 Å². The summed E-state index contributed by atoms with van der Waals surface area (Å²) >= 11 is 8.30. The Bertz CT molecular complexity index is 463. The predicted molar refractivity (Wildman–Crippen MR) is 86.3 cm³/mol. The molecule has 3 nitrogen and oxygen atoms in total. The Kier molecular flexibility index (Phi) is 6.45. The fourth-order valence-corrected chi connectivity index (χ4v) is 2.31. The molecule has 0 atom stereocenters. The van der Waals surface area contributed by atoms with E-state index in [1.165, 1.54) is 0 Å². The molecule has 0 aliphatic heterocycles. The minimum atomic E-state index is 0.0115. The highest BCUT2D eigenvalue weighted by molar-refractivity contribution is 9.10. The average molecular weight is 343 g/mol. The van der Waals surface area contributed by atoms with E-state index < -0.39 is 0 Å². The van der Waals surface area contributed by atoms with Crippen LogP contribution in [-0.2, 0) is 0 Å². The SMILES string of the molecule is CC(C)CN(CCC(N)=S)C(=O)c1ccccc1Br. The number of amides is 1. The van der Waals surface area contributed by atoms with Gasteiger partial charge in [-0.15, -0.1) is 0 Å². The van der Waals surface area contributed by atoms with Gasteiger partial charge in [0.1, 0.15) is 0 Å². The van der Waals surface area contributed by atoms with Gasteiger partial charge in [-0.1, -0.05) is 38.2 Å². The lowest BCUT2D eigenvalue weighted by atomic mass is 10.1. The Morgan fingerprint density at radius 3 is 2.58 bits per heavy atom. The maximum atomic E-state index is 12.5.